The largest absolute Gasteiger partial charge is 0.481 e. The first-order valence-corrected chi connectivity index (χ1v) is 8.40. The van der Waals surface area contributed by atoms with Gasteiger partial charge in [-0.1, -0.05) is 24.3 Å². The van der Waals surface area contributed by atoms with E-state index in [-0.39, 0.29) is 12.5 Å². The van der Waals surface area contributed by atoms with Crippen LogP contribution in [0, 0.1) is 12.8 Å². The van der Waals surface area contributed by atoms with Crippen LogP contribution in [0.1, 0.15) is 28.8 Å². The molecule has 0 saturated carbocycles. The summed E-state index contributed by atoms with van der Waals surface area (Å²) < 4.78 is 5.91. The maximum Gasteiger partial charge on any atom is 0.308 e. The van der Waals surface area contributed by atoms with Crippen LogP contribution in [0.3, 0.4) is 0 Å². The lowest BCUT2D eigenvalue weighted by atomic mass is 9.97. The van der Waals surface area contributed by atoms with Gasteiger partial charge in [0.15, 0.2) is 0 Å². The molecule has 1 N–H and O–H groups in total. The van der Waals surface area contributed by atoms with Crippen molar-refractivity contribution in [2.24, 2.45) is 5.92 Å². The molecule has 1 heterocycles. The third kappa shape index (κ3) is 3.99. The predicted molar refractivity (Wildman–Crippen MR) is 94.0 cm³/mol. The number of aryl methyl sites for hydroxylation is 1. The zero-order valence-electron chi connectivity index (χ0n) is 14.1. The molecule has 1 atom stereocenters. The van der Waals surface area contributed by atoms with E-state index < -0.39 is 11.9 Å². The van der Waals surface area contributed by atoms with Crippen LogP contribution in [0.15, 0.2) is 48.5 Å². The van der Waals surface area contributed by atoms with Crippen molar-refractivity contribution in [3.63, 3.8) is 0 Å². The molecule has 1 fully saturated rings. The predicted octanol–water partition coefficient (Wildman–Crippen LogP) is 3.72. The Kier molecular flexibility index (Phi) is 5.03. The van der Waals surface area contributed by atoms with Gasteiger partial charge in [-0.25, -0.2) is 0 Å². The summed E-state index contributed by atoms with van der Waals surface area (Å²) in [5.41, 5.74) is 1.52. The fraction of sp³-hybridized carbons (Fsp3) is 0.300. The molecule has 0 aromatic heterocycles. The summed E-state index contributed by atoms with van der Waals surface area (Å²) in [6.45, 7) is 2.79. The molecule has 1 saturated heterocycles. The Balaban J connectivity index is 1.82. The van der Waals surface area contributed by atoms with E-state index in [0.717, 1.165) is 5.56 Å². The minimum atomic E-state index is -0.846. The van der Waals surface area contributed by atoms with Crippen LogP contribution >= 0.6 is 0 Å². The van der Waals surface area contributed by atoms with Crippen LogP contribution in [0.25, 0.3) is 0 Å². The third-order valence-corrected chi connectivity index (χ3v) is 4.39. The Morgan fingerprint density at radius 2 is 1.96 bits per heavy atom. The fourth-order valence-electron chi connectivity index (χ4n) is 3.07. The standard InChI is InChI=1S/C20H21NO4/c1-14-6-4-8-16(12-14)25-18-10-3-2-9-17(18)19(22)21-11-5-7-15(13-21)20(23)24/h2-4,6,8-10,12,15H,5,7,11,13H2,1H3,(H,23,24)/t15-/m0/s1. The van der Waals surface area contributed by atoms with E-state index in [1.165, 1.54) is 0 Å². The van der Waals surface area contributed by atoms with E-state index in [1.807, 2.05) is 37.3 Å². The molecule has 1 aliphatic heterocycles. The third-order valence-electron chi connectivity index (χ3n) is 4.39. The number of para-hydroxylation sites is 1. The highest BCUT2D eigenvalue weighted by atomic mass is 16.5. The first-order valence-electron chi connectivity index (χ1n) is 8.40. The van der Waals surface area contributed by atoms with Crippen molar-refractivity contribution >= 4 is 11.9 Å². The molecule has 2 aromatic rings. The monoisotopic (exact) mass is 339 g/mol. The van der Waals surface area contributed by atoms with Crippen molar-refractivity contribution in [3.8, 4) is 11.5 Å². The van der Waals surface area contributed by atoms with Crippen molar-refractivity contribution in [1.82, 2.24) is 4.90 Å². The van der Waals surface area contributed by atoms with E-state index in [4.69, 9.17) is 4.74 Å². The molecule has 0 unspecified atom stereocenters. The molecule has 1 aliphatic rings. The number of likely N-dealkylation sites (tertiary alicyclic amines) is 1. The number of rotatable bonds is 4. The zero-order chi connectivity index (χ0) is 17.8. The van der Waals surface area contributed by atoms with Gasteiger partial charge in [0, 0.05) is 13.1 Å². The molecule has 130 valence electrons. The van der Waals surface area contributed by atoms with E-state index in [2.05, 4.69) is 0 Å². The number of carboxylic acid groups (broad SMARTS) is 1. The first kappa shape index (κ1) is 17.0. The Morgan fingerprint density at radius 1 is 1.16 bits per heavy atom. The number of hydrogen-bond donors (Lipinski definition) is 1. The van der Waals surface area contributed by atoms with Gasteiger partial charge in [-0.15, -0.1) is 0 Å². The molecule has 0 aliphatic carbocycles. The summed E-state index contributed by atoms with van der Waals surface area (Å²) in [4.78, 5) is 25.7. The number of ether oxygens (including phenoxy) is 1. The number of carbonyl (C=O) groups is 2. The maximum atomic E-state index is 12.9. The van der Waals surface area contributed by atoms with Gasteiger partial charge in [0.05, 0.1) is 11.5 Å². The lowest BCUT2D eigenvalue weighted by molar-refractivity contribution is -0.143. The maximum absolute atomic E-state index is 12.9. The SMILES string of the molecule is Cc1cccc(Oc2ccccc2C(=O)N2CCC[C@H](C(=O)O)C2)c1. The average Bonchev–Trinajstić information content (AvgIpc) is 2.62. The fourth-order valence-corrected chi connectivity index (χ4v) is 3.07. The van der Waals surface area contributed by atoms with Gasteiger partial charge in [0.2, 0.25) is 0 Å². The lowest BCUT2D eigenvalue weighted by Crippen LogP contribution is -2.42. The highest BCUT2D eigenvalue weighted by Gasteiger charge is 2.29. The van der Waals surface area contributed by atoms with Crippen LogP contribution in [0.2, 0.25) is 0 Å². The summed E-state index contributed by atoms with van der Waals surface area (Å²) in [6, 6.07) is 14.7. The van der Waals surface area contributed by atoms with Gasteiger partial charge in [-0.2, -0.15) is 0 Å². The quantitative estimate of drug-likeness (QED) is 0.922. The topological polar surface area (TPSA) is 66.8 Å². The first-order chi connectivity index (χ1) is 12.0. The van der Waals surface area contributed by atoms with E-state index >= 15 is 0 Å². The number of amides is 1. The van der Waals surface area contributed by atoms with Gasteiger partial charge in [0.1, 0.15) is 11.5 Å². The summed E-state index contributed by atoms with van der Waals surface area (Å²) in [7, 11) is 0. The van der Waals surface area contributed by atoms with Crippen LogP contribution in [0.5, 0.6) is 11.5 Å². The Morgan fingerprint density at radius 3 is 2.72 bits per heavy atom. The summed E-state index contributed by atoms with van der Waals surface area (Å²) in [5, 5.41) is 9.22. The number of aliphatic carboxylic acids is 1. The van der Waals surface area contributed by atoms with Crippen LogP contribution < -0.4 is 4.74 Å². The molecule has 0 radical (unpaired) electrons. The van der Waals surface area contributed by atoms with Crippen molar-refractivity contribution in [1.29, 1.82) is 0 Å². The second kappa shape index (κ2) is 7.38. The minimum absolute atomic E-state index is 0.186. The number of piperidine rings is 1. The number of benzene rings is 2. The Bertz CT molecular complexity index is 787. The number of nitrogens with zero attached hydrogens (tertiary/aromatic N) is 1. The normalized spacial score (nSPS) is 17.2. The van der Waals surface area contributed by atoms with Crippen molar-refractivity contribution < 1.29 is 19.4 Å². The second-order valence-corrected chi connectivity index (χ2v) is 6.34. The molecular weight excluding hydrogens is 318 g/mol. The number of carboxylic acids is 1. The minimum Gasteiger partial charge on any atom is -0.481 e. The summed E-state index contributed by atoms with van der Waals surface area (Å²) >= 11 is 0. The van der Waals surface area contributed by atoms with E-state index in [1.54, 1.807) is 23.1 Å². The Labute approximate surface area is 146 Å². The zero-order valence-corrected chi connectivity index (χ0v) is 14.1. The molecule has 1 amide bonds. The second-order valence-electron chi connectivity index (χ2n) is 6.34. The van der Waals surface area contributed by atoms with E-state index in [9.17, 15) is 14.7 Å². The Hall–Kier alpha value is -2.82. The highest BCUT2D eigenvalue weighted by Crippen LogP contribution is 2.28. The van der Waals surface area contributed by atoms with Gasteiger partial charge >= 0.3 is 5.97 Å². The molecule has 3 rings (SSSR count). The smallest absolute Gasteiger partial charge is 0.308 e. The molecule has 0 spiro atoms. The molecule has 5 nitrogen and oxygen atoms in total. The lowest BCUT2D eigenvalue weighted by Gasteiger charge is -2.31. The van der Waals surface area contributed by atoms with Crippen molar-refractivity contribution in [2.45, 2.75) is 19.8 Å². The number of hydrogen-bond acceptors (Lipinski definition) is 3. The summed E-state index contributed by atoms with van der Waals surface area (Å²) in [6.07, 6.45) is 1.31. The van der Waals surface area contributed by atoms with Crippen LogP contribution in [-0.2, 0) is 4.79 Å². The van der Waals surface area contributed by atoms with E-state index in [0.29, 0.717) is 36.4 Å². The van der Waals surface area contributed by atoms with Crippen LogP contribution in [0.4, 0.5) is 0 Å². The molecule has 5 heteroatoms. The molecular formula is C20H21NO4. The van der Waals surface area contributed by atoms with Gasteiger partial charge < -0.3 is 14.7 Å². The van der Waals surface area contributed by atoms with Crippen molar-refractivity contribution in [3.05, 3.63) is 59.7 Å². The van der Waals surface area contributed by atoms with Crippen molar-refractivity contribution in [2.75, 3.05) is 13.1 Å². The molecule has 0 bridgehead atoms. The van der Waals surface area contributed by atoms with Gasteiger partial charge in [-0.3, -0.25) is 9.59 Å². The molecule has 25 heavy (non-hydrogen) atoms. The summed E-state index contributed by atoms with van der Waals surface area (Å²) in [5.74, 6) is -0.378. The average molecular weight is 339 g/mol. The highest BCUT2D eigenvalue weighted by molar-refractivity contribution is 5.97. The van der Waals surface area contributed by atoms with Gasteiger partial charge in [-0.05, 0) is 49.6 Å². The van der Waals surface area contributed by atoms with Crippen LogP contribution in [-0.4, -0.2) is 35.0 Å². The molecule has 2 aromatic carbocycles. The number of carbonyl (C=O) groups excluding carboxylic acids is 1. The van der Waals surface area contributed by atoms with Gasteiger partial charge in [0.25, 0.3) is 5.91 Å².